The first kappa shape index (κ1) is 15.1. The van der Waals surface area contributed by atoms with Gasteiger partial charge >= 0.3 is 0 Å². The van der Waals surface area contributed by atoms with Crippen molar-refractivity contribution in [2.45, 2.75) is 26.3 Å². The minimum Gasteiger partial charge on any atom is -0.396 e. The number of aromatic amines is 1. The molecule has 1 aromatic heterocycles. The molecule has 3 N–H and O–H groups in total. The zero-order chi connectivity index (χ0) is 14.7. The molecule has 0 radical (unpaired) electrons. The zero-order valence-electron chi connectivity index (χ0n) is 11.6. The number of hydrogen-bond donors (Lipinski definition) is 3. The molecule has 0 bridgehead atoms. The third kappa shape index (κ3) is 3.41. The zero-order valence-corrected chi connectivity index (χ0v) is 13.2. The third-order valence-electron chi connectivity index (χ3n) is 3.39. The van der Waals surface area contributed by atoms with Crippen LogP contribution in [0.25, 0.3) is 10.9 Å². The van der Waals surface area contributed by atoms with Gasteiger partial charge in [-0.25, -0.2) is 0 Å². The Hall–Kier alpha value is -1.33. The molecule has 0 aliphatic rings. The molecule has 0 aliphatic carbocycles. The van der Waals surface area contributed by atoms with Crippen molar-refractivity contribution in [2.75, 3.05) is 6.61 Å². The highest BCUT2D eigenvalue weighted by Gasteiger charge is 2.17. The van der Waals surface area contributed by atoms with Gasteiger partial charge in [0, 0.05) is 28.0 Å². The van der Waals surface area contributed by atoms with Gasteiger partial charge in [-0.05, 0) is 30.5 Å². The van der Waals surface area contributed by atoms with Crippen molar-refractivity contribution in [3.63, 3.8) is 0 Å². The van der Waals surface area contributed by atoms with Crippen LogP contribution < -0.4 is 5.32 Å². The number of halogens is 1. The molecule has 2 aromatic rings. The van der Waals surface area contributed by atoms with Crippen LogP contribution in [0.1, 0.15) is 30.8 Å². The summed E-state index contributed by atoms with van der Waals surface area (Å²) in [5.74, 6) is 0.147. The largest absolute Gasteiger partial charge is 0.396 e. The Balaban J connectivity index is 2.18. The second kappa shape index (κ2) is 6.41. The second-order valence-corrected chi connectivity index (χ2v) is 6.17. The molecule has 20 heavy (non-hydrogen) atoms. The quantitative estimate of drug-likeness (QED) is 0.784. The number of fused-ring (bicyclic) bond motifs is 1. The molecule has 0 aliphatic heterocycles. The number of carbonyl (C=O) groups excluding carboxylic acids is 1. The Kier molecular flexibility index (Phi) is 4.83. The van der Waals surface area contributed by atoms with Crippen LogP contribution in [0.4, 0.5) is 0 Å². The Morgan fingerprint density at radius 3 is 2.80 bits per heavy atom. The minimum absolute atomic E-state index is 0.0225. The first-order chi connectivity index (χ1) is 9.51. The summed E-state index contributed by atoms with van der Waals surface area (Å²) < 4.78 is 0.971. The number of nitrogens with one attached hydrogen (secondary N) is 2. The number of amides is 1. The molecule has 0 spiro atoms. The fourth-order valence-corrected chi connectivity index (χ4v) is 2.54. The lowest BCUT2D eigenvalue weighted by Crippen LogP contribution is -2.39. The molecule has 4 nitrogen and oxygen atoms in total. The van der Waals surface area contributed by atoms with Gasteiger partial charge in [0.2, 0.25) is 0 Å². The van der Waals surface area contributed by atoms with Gasteiger partial charge in [-0.3, -0.25) is 4.79 Å². The van der Waals surface area contributed by atoms with Gasteiger partial charge < -0.3 is 15.4 Å². The molecule has 1 amide bonds. The van der Waals surface area contributed by atoms with E-state index in [1.165, 1.54) is 0 Å². The number of H-pyrrole nitrogens is 1. The summed E-state index contributed by atoms with van der Waals surface area (Å²) in [4.78, 5) is 15.4. The molecule has 2 rings (SSSR count). The molecule has 0 saturated carbocycles. The number of hydrogen-bond acceptors (Lipinski definition) is 2. The van der Waals surface area contributed by atoms with Crippen molar-refractivity contribution in [3.05, 3.63) is 34.4 Å². The summed E-state index contributed by atoms with van der Waals surface area (Å²) in [7, 11) is 0. The molecule has 1 atom stereocenters. The fraction of sp³-hybridized carbons (Fsp3) is 0.400. The van der Waals surface area contributed by atoms with E-state index in [0.29, 0.717) is 12.1 Å². The van der Waals surface area contributed by atoms with E-state index in [1.54, 1.807) is 0 Å². The minimum atomic E-state index is -0.135. The SMILES string of the molecule is CC(C)C(CCO)NC(=O)c1cc2ccc(Br)cc2[nH]1. The summed E-state index contributed by atoms with van der Waals surface area (Å²) >= 11 is 3.41. The Labute approximate surface area is 126 Å². The normalized spacial score (nSPS) is 12.8. The summed E-state index contributed by atoms with van der Waals surface area (Å²) in [5.41, 5.74) is 1.47. The smallest absolute Gasteiger partial charge is 0.267 e. The van der Waals surface area contributed by atoms with Crippen LogP contribution in [0.5, 0.6) is 0 Å². The van der Waals surface area contributed by atoms with Crippen molar-refractivity contribution in [3.8, 4) is 0 Å². The summed E-state index contributed by atoms with van der Waals surface area (Å²) in [5, 5.41) is 13.0. The van der Waals surface area contributed by atoms with Gasteiger partial charge in [0.05, 0.1) is 0 Å². The van der Waals surface area contributed by atoms with E-state index in [0.717, 1.165) is 15.4 Å². The monoisotopic (exact) mass is 338 g/mol. The molecule has 1 heterocycles. The number of aliphatic hydroxyl groups excluding tert-OH is 1. The molecule has 5 heteroatoms. The average molecular weight is 339 g/mol. The highest BCUT2D eigenvalue weighted by Crippen LogP contribution is 2.20. The van der Waals surface area contributed by atoms with E-state index >= 15 is 0 Å². The highest BCUT2D eigenvalue weighted by atomic mass is 79.9. The van der Waals surface area contributed by atoms with Crippen molar-refractivity contribution in [1.29, 1.82) is 0 Å². The maximum Gasteiger partial charge on any atom is 0.267 e. The molecule has 0 saturated heterocycles. The number of aromatic nitrogens is 1. The summed E-state index contributed by atoms with van der Waals surface area (Å²) in [6.45, 7) is 4.13. The molecule has 1 unspecified atom stereocenters. The summed E-state index contributed by atoms with van der Waals surface area (Å²) in [6.07, 6.45) is 0.565. The maximum atomic E-state index is 12.3. The van der Waals surface area contributed by atoms with Gasteiger partial charge in [0.25, 0.3) is 5.91 Å². The van der Waals surface area contributed by atoms with Crippen LogP contribution in [0.15, 0.2) is 28.7 Å². The third-order valence-corrected chi connectivity index (χ3v) is 3.88. The predicted octanol–water partition coefficient (Wildman–Crippen LogP) is 3.07. The van der Waals surface area contributed by atoms with Gasteiger partial charge in [-0.15, -0.1) is 0 Å². The van der Waals surface area contributed by atoms with Crippen molar-refractivity contribution < 1.29 is 9.90 Å². The molecular formula is C15H19BrN2O2. The number of carbonyl (C=O) groups is 1. The fourth-order valence-electron chi connectivity index (χ4n) is 2.18. The Morgan fingerprint density at radius 2 is 2.15 bits per heavy atom. The predicted molar refractivity (Wildman–Crippen MR) is 83.8 cm³/mol. The molecule has 108 valence electrons. The van der Waals surface area contributed by atoms with E-state index in [1.807, 2.05) is 38.1 Å². The van der Waals surface area contributed by atoms with Crippen molar-refractivity contribution in [1.82, 2.24) is 10.3 Å². The lowest BCUT2D eigenvalue weighted by Gasteiger charge is -2.21. The van der Waals surface area contributed by atoms with Gasteiger partial charge in [-0.2, -0.15) is 0 Å². The molecular weight excluding hydrogens is 320 g/mol. The molecule has 0 fully saturated rings. The van der Waals surface area contributed by atoms with Crippen LogP contribution in [-0.2, 0) is 0 Å². The summed E-state index contributed by atoms with van der Waals surface area (Å²) in [6, 6.07) is 7.67. The lowest BCUT2D eigenvalue weighted by molar-refractivity contribution is 0.0912. The average Bonchev–Trinajstić information content (AvgIpc) is 2.80. The standard InChI is InChI=1S/C15H19BrN2O2/c1-9(2)12(5-6-19)18-15(20)14-7-10-3-4-11(16)8-13(10)17-14/h3-4,7-9,12,17,19H,5-6H2,1-2H3,(H,18,20). The maximum absolute atomic E-state index is 12.3. The first-order valence-electron chi connectivity index (χ1n) is 6.71. The van der Waals surface area contributed by atoms with E-state index in [4.69, 9.17) is 5.11 Å². The highest BCUT2D eigenvalue weighted by molar-refractivity contribution is 9.10. The van der Waals surface area contributed by atoms with Gasteiger partial charge in [0.1, 0.15) is 5.69 Å². The first-order valence-corrected chi connectivity index (χ1v) is 7.50. The van der Waals surface area contributed by atoms with E-state index in [2.05, 4.69) is 26.2 Å². The van der Waals surface area contributed by atoms with Crippen LogP contribution >= 0.6 is 15.9 Å². The Morgan fingerprint density at radius 1 is 1.40 bits per heavy atom. The second-order valence-electron chi connectivity index (χ2n) is 5.25. The van der Waals surface area contributed by atoms with E-state index in [-0.39, 0.29) is 24.5 Å². The lowest BCUT2D eigenvalue weighted by atomic mass is 10.0. The Bertz CT molecular complexity index is 607. The van der Waals surface area contributed by atoms with Crippen molar-refractivity contribution in [2.24, 2.45) is 5.92 Å². The number of benzene rings is 1. The van der Waals surface area contributed by atoms with Crippen LogP contribution in [0, 0.1) is 5.92 Å². The van der Waals surface area contributed by atoms with Gasteiger partial charge in [0.15, 0.2) is 0 Å². The van der Waals surface area contributed by atoms with Crippen molar-refractivity contribution >= 4 is 32.7 Å². The van der Waals surface area contributed by atoms with Crippen LogP contribution in [-0.4, -0.2) is 28.6 Å². The van der Waals surface area contributed by atoms with Crippen LogP contribution in [0.3, 0.4) is 0 Å². The van der Waals surface area contributed by atoms with Crippen LogP contribution in [0.2, 0.25) is 0 Å². The molecule has 1 aromatic carbocycles. The van der Waals surface area contributed by atoms with E-state index < -0.39 is 0 Å². The van der Waals surface area contributed by atoms with E-state index in [9.17, 15) is 4.79 Å². The number of aliphatic hydroxyl groups is 1. The van der Waals surface area contributed by atoms with Gasteiger partial charge in [-0.1, -0.05) is 35.8 Å². The topological polar surface area (TPSA) is 65.1 Å². The number of rotatable bonds is 5.